The highest BCUT2D eigenvalue weighted by molar-refractivity contribution is 7.76. The molecule has 1 rings (SSSR count). The number of hydrogen-bond acceptors (Lipinski definition) is 2. The number of rotatable bonds is 1. The largest absolute Gasteiger partial charge is 0.229 e. The van der Waals surface area contributed by atoms with Crippen LogP contribution in [0.2, 0.25) is 0 Å². The Morgan fingerprint density at radius 2 is 2.00 bits per heavy atom. The molecule has 0 aliphatic heterocycles. The number of hydrogen-bond donors (Lipinski definition) is 0. The van der Waals surface area contributed by atoms with E-state index in [1.54, 1.807) is 0 Å². The Labute approximate surface area is 54.0 Å². The fraction of sp³-hybridized carbons (Fsp3) is 0.750. The Hall–Kier alpha value is -0.0200. The number of halogens is 1. The van der Waals surface area contributed by atoms with Gasteiger partial charge in [0.15, 0.2) is 0 Å². The van der Waals surface area contributed by atoms with Crippen molar-refractivity contribution in [3.8, 4) is 0 Å². The third kappa shape index (κ3) is 1.23. The van der Waals surface area contributed by atoms with E-state index in [9.17, 15) is 8.42 Å². The molecule has 0 unspecified atom stereocenters. The topological polar surface area (TPSA) is 34.1 Å². The van der Waals surface area contributed by atoms with E-state index in [2.05, 4.69) is 0 Å². The Morgan fingerprint density at radius 3 is 2.12 bits per heavy atom. The lowest BCUT2D eigenvalue weighted by molar-refractivity contribution is 0.627. The molecule has 0 amide bonds. The molecule has 0 spiro atoms. The molecule has 0 aromatic carbocycles. The van der Waals surface area contributed by atoms with Crippen LogP contribution in [0.1, 0.15) is 12.8 Å². The second-order valence-corrected chi connectivity index (χ2v) is 3.35. The molecule has 0 heterocycles. The van der Waals surface area contributed by atoms with Crippen LogP contribution in [0.5, 0.6) is 0 Å². The van der Waals surface area contributed by atoms with Gasteiger partial charge in [0.05, 0.1) is 0 Å². The average Bonchev–Trinajstić information content (AvgIpc) is 2.43. The maximum Gasteiger partial charge on any atom is 0.229 e. The normalized spacial score (nSPS) is 18.1. The minimum Gasteiger partial charge on any atom is -0.183 e. The molecule has 4 heteroatoms. The van der Waals surface area contributed by atoms with E-state index in [0.717, 1.165) is 12.8 Å². The molecule has 46 valence electrons. The van der Waals surface area contributed by atoms with Gasteiger partial charge in [-0.25, -0.2) is 0 Å². The molecule has 1 aliphatic rings. The van der Waals surface area contributed by atoms with E-state index < -0.39 is 10.3 Å². The van der Waals surface area contributed by atoms with E-state index in [4.69, 9.17) is 11.6 Å². The molecule has 0 aromatic rings. The molecule has 0 saturated heterocycles. The summed E-state index contributed by atoms with van der Waals surface area (Å²) >= 11 is 5.32. The molecular weight excluding hydrogens is 148 g/mol. The van der Waals surface area contributed by atoms with Crippen molar-refractivity contribution in [2.24, 2.45) is 5.92 Å². The van der Waals surface area contributed by atoms with Crippen molar-refractivity contribution in [3.63, 3.8) is 0 Å². The van der Waals surface area contributed by atoms with Gasteiger partial charge >= 0.3 is 0 Å². The van der Waals surface area contributed by atoms with E-state index in [-0.39, 0.29) is 10.2 Å². The van der Waals surface area contributed by atoms with Crippen molar-refractivity contribution in [1.82, 2.24) is 0 Å². The summed E-state index contributed by atoms with van der Waals surface area (Å²) in [7, 11) is -2.15. The van der Waals surface area contributed by atoms with Crippen LogP contribution in [-0.2, 0) is 10.3 Å². The highest BCUT2D eigenvalue weighted by atomic mass is 35.5. The van der Waals surface area contributed by atoms with Gasteiger partial charge in [0.25, 0.3) is 0 Å². The van der Waals surface area contributed by atoms with Crippen LogP contribution >= 0.6 is 11.6 Å². The highest BCUT2D eigenvalue weighted by Gasteiger charge is 2.26. The molecule has 1 saturated carbocycles. The van der Waals surface area contributed by atoms with Gasteiger partial charge in [-0.2, -0.15) is 8.42 Å². The fourth-order valence-corrected chi connectivity index (χ4v) is 1.17. The zero-order chi connectivity index (χ0) is 6.15. The third-order valence-electron chi connectivity index (χ3n) is 1.06. The van der Waals surface area contributed by atoms with Crippen molar-refractivity contribution in [2.75, 3.05) is 0 Å². The SMILES string of the molecule is O=S(=O)=C(Cl)C1CC1. The average molecular weight is 153 g/mol. The molecule has 0 radical (unpaired) electrons. The minimum absolute atomic E-state index is 0.102. The van der Waals surface area contributed by atoms with Crippen LogP contribution in [0.4, 0.5) is 0 Å². The second-order valence-electron chi connectivity index (χ2n) is 1.81. The summed E-state index contributed by atoms with van der Waals surface area (Å²) in [4.78, 5) is 0. The minimum atomic E-state index is -2.15. The molecule has 1 aliphatic carbocycles. The first-order valence-electron chi connectivity index (χ1n) is 2.33. The van der Waals surface area contributed by atoms with Gasteiger partial charge < -0.3 is 0 Å². The van der Waals surface area contributed by atoms with Gasteiger partial charge in [0, 0.05) is 5.92 Å². The summed E-state index contributed by atoms with van der Waals surface area (Å²) in [5, 5.41) is 0. The van der Waals surface area contributed by atoms with Crippen molar-refractivity contribution in [2.45, 2.75) is 12.8 Å². The predicted molar refractivity (Wildman–Crippen MR) is 32.5 cm³/mol. The van der Waals surface area contributed by atoms with E-state index in [0.29, 0.717) is 0 Å². The lowest BCUT2D eigenvalue weighted by Crippen LogP contribution is -1.88. The lowest BCUT2D eigenvalue weighted by Gasteiger charge is -1.77. The second kappa shape index (κ2) is 2.07. The van der Waals surface area contributed by atoms with E-state index in [1.807, 2.05) is 0 Å². The van der Waals surface area contributed by atoms with E-state index >= 15 is 0 Å². The van der Waals surface area contributed by atoms with Crippen LogP contribution in [0.3, 0.4) is 0 Å². The molecular formula is C4H5ClO2S. The van der Waals surface area contributed by atoms with Crippen molar-refractivity contribution < 1.29 is 8.42 Å². The van der Waals surface area contributed by atoms with Crippen LogP contribution in [0.25, 0.3) is 0 Å². The van der Waals surface area contributed by atoms with Crippen molar-refractivity contribution in [3.05, 3.63) is 0 Å². The fourth-order valence-electron chi connectivity index (χ4n) is 0.446. The Kier molecular flexibility index (Phi) is 1.58. The Morgan fingerprint density at radius 1 is 1.50 bits per heavy atom. The van der Waals surface area contributed by atoms with Gasteiger partial charge in [0.2, 0.25) is 10.3 Å². The van der Waals surface area contributed by atoms with Crippen molar-refractivity contribution >= 4 is 26.2 Å². The lowest BCUT2D eigenvalue weighted by atomic mass is 10.5. The molecule has 8 heavy (non-hydrogen) atoms. The van der Waals surface area contributed by atoms with Gasteiger partial charge in [0.1, 0.15) is 4.32 Å². The predicted octanol–water partition coefficient (Wildman–Crippen LogP) is 0.644. The zero-order valence-electron chi connectivity index (χ0n) is 4.09. The molecule has 0 bridgehead atoms. The molecule has 2 nitrogen and oxygen atoms in total. The Bertz CT molecular complexity index is 204. The quantitative estimate of drug-likeness (QED) is 0.408. The maximum absolute atomic E-state index is 10.0. The van der Waals surface area contributed by atoms with Crippen LogP contribution < -0.4 is 0 Å². The molecule has 0 aromatic heterocycles. The van der Waals surface area contributed by atoms with Gasteiger partial charge in [-0.05, 0) is 12.8 Å². The molecule has 0 N–H and O–H groups in total. The summed E-state index contributed by atoms with van der Waals surface area (Å²) in [6, 6.07) is 0. The van der Waals surface area contributed by atoms with Crippen LogP contribution in [-0.4, -0.2) is 12.7 Å². The highest BCUT2D eigenvalue weighted by Crippen LogP contribution is 2.31. The van der Waals surface area contributed by atoms with Crippen LogP contribution in [0.15, 0.2) is 0 Å². The summed E-state index contributed by atoms with van der Waals surface area (Å²) in [6.07, 6.45) is 1.87. The Balaban J connectivity index is 2.85. The van der Waals surface area contributed by atoms with Crippen molar-refractivity contribution in [1.29, 1.82) is 0 Å². The standard InChI is InChI=1S/C4H5ClO2S/c5-4(8(6)7)3-1-2-3/h3H,1-2H2. The van der Waals surface area contributed by atoms with E-state index in [1.165, 1.54) is 0 Å². The zero-order valence-corrected chi connectivity index (χ0v) is 5.67. The maximum atomic E-state index is 10.0. The first-order valence-corrected chi connectivity index (χ1v) is 3.78. The van der Waals surface area contributed by atoms with Gasteiger partial charge in [-0.3, -0.25) is 0 Å². The van der Waals surface area contributed by atoms with Gasteiger partial charge in [-0.1, -0.05) is 11.6 Å². The monoisotopic (exact) mass is 152 g/mol. The van der Waals surface area contributed by atoms with Gasteiger partial charge in [-0.15, -0.1) is 0 Å². The van der Waals surface area contributed by atoms with Crippen LogP contribution in [0, 0.1) is 5.92 Å². The summed E-state index contributed by atoms with van der Waals surface area (Å²) < 4.78 is 20.1. The first-order chi connectivity index (χ1) is 3.72. The summed E-state index contributed by atoms with van der Waals surface area (Å²) in [6.45, 7) is 0. The molecule has 1 fully saturated rings. The smallest absolute Gasteiger partial charge is 0.183 e. The summed E-state index contributed by atoms with van der Waals surface area (Å²) in [5.41, 5.74) is 0. The first kappa shape index (κ1) is 6.11. The summed E-state index contributed by atoms with van der Waals surface area (Å²) in [5.74, 6) is 0.162. The third-order valence-corrected chi connectivity index (χ3v) is 2.40. The molecule has 0 atom stereocenters.